The van der Waals surface area contributed by atoms with E-state index in [1.165, 1.54) is 5.56 Å². The fourth-order valence-corrected chi connectivity index (χ4v) is 2.31. The van der Waals surface area contributed by atoms with Crippen molar-refractivity contribution in [3.05, 3.63) is 71.6 Å². The number of benzene rings is 1. The third-order valence-corrected chi connectivity index (χ3v) is 3.56. The summed E-state index contributed by atoms with van der Waals surface area (Å²) in [6.07, 6.45) is 5.93. The van der Waals surface area contributed by atoms with E-state index in [-0.39, 0.29) is 36.0 Å². The SMILES string of the molecule is CC(C)c1ccc(C(=CCCC(=O)[O-])c2cccnc2)cc1.[Na+]. The van der Waals surface area contributed by atoms with E-state index < -0.39 is 5.97 Å². The van der Waals surface area contributed by atoms with Crippen molar-refractivity contribution in [2.24, 2.45) is 0 Å². The zero-order chi connectivity index (χ0) is 15.9. The molecule has 0 N–H and O–H groups in total. The van der Waals surface area contributed by atoms with Gasteiger partial charge < -0.3 is 9.90 Å². The Morgan fingerprint density at radius 1 is 1.17 bits per heavy atom. The molecule has 114 valence electrons. The third kappa shape index (κ3) is 5.94. The van der Waals surface area contributed by atoms with Crippen molar-refractivity contribution >= 4 is 11.5 Å². The van der Waals surface area contributed by atoms with Crippen LogP contribution in [-0.4, -0.2) is 11.0 Å². The molecule has 1 aromatic carbocycles. The first-order valence-corrected chi connectivity index (χ1v) is 7.48. The first-order valence-electron chi connectivity index (χ1n) is 7.48. The summed E-state index contributed by atoms with van der Waals surface area (Å²) in [6.45, 7) is 4.32. The molecular weight excluding hydrogens is 297 g/mol. The molecule has 0 radical (unpaired) electrons. The summed E-state index contributed by atoms with van der Waals surface area (Å²) in [5.41, 5.74) is 4.34. The van der Waals surface area contributed by atoms with E-state index in [4.69, 9.17) is 0 Å². The number of pyridine rings is 1. The second-order valence-electron chi connectivity index (χ2n) is 5.55. The van der Waals surface area contributed by atoms with Crippen LogP contribution in [0.1, 0.15) is 49.3 Å². The molecule has 2 rings (SSSR count). The number of allylic oxidation sites excluding steroid dienone is 1. The largest absolute Gasteiger partial charge is 1.00 e. The van der Waals surface area contributed by atoms with Crippen LogP contribution in [0.2, 0.25) is 0 Å². The number of hydrogen-bond donors (Lipinski definition) is 0. The van der Waals surface area contributed by atoms with E-state index in [0.717, 1.165) is 16.7 Å². The maximum absolute atomic E-state index is 10.6. The molecule has 0 spiro atoms. The van der Waals surface area contributed by atoms with Crippen molar-refractivity contribution in [3.63, 3.8) is 0 Å². The normalized spacial score (nSPS) is 11.2. The van der Waals surface area contributed by atoms with Gasteiger partial charge in [0.1, 0.15) is 0 Å². The van der Waals surface area contributed by atoms with Gasteiger partial charge in [0, 0.05) is 23.9 Å². The van der Waals surface area contributed by atoms with Crippen molar-refractivity contribution in [3.8, 4) is 0 Å². The van der Waals surface area contributed by atoms with E-state index in [0.29, 0.717) is 12.3 Å². The summed E-state index contributed by atoms with van der Waals surface area (Å²) in [5, 5.41) is 10.6. The van der Waals surface area contributed by atoms with Crippen LogP contribution in [-0.2, 0) is 4.79 Å². The zero-order valence-electron chi connectivity index (χ0n) is 14.0. The minimum Gasteiger partial charge on any atom is -0.550 e. The summed E-state index contributed by atoms with van der Waals surface area (Å²) in [7, 11) is 0. The Morgan fingerprint density at radius 2 is 1.87 bits per heavy atom. The molecule has 0 aliphatic rings. The molecule has 0 bridgehead atoms. The Hall–Kier alpha value is -1.42. The van der Waals surface area contributed by atoms with Gasteiger partial charge in [-0.2, -0.15) is 0 Å². The van der Waals surface area contributed by atoms with Crippen LogP contribution in [0.3, 0.4) is 0 Å². The van der Waals surface area contributed by atoms with E-state index in [1.54, 1.807) is 12.4 Å². The van der Waals surface area contributed by atoms with Crippen LogP contribution in [0, 0.1) is 0 Å². The standard InChI is InChI=1S/C19H21NO2.Na/c1-14(2)15-8-10-16(11-9-15)18(6-3-7-19(21)22)17-5-4-12-20-13-17;/h4-6,8-14H,3,7H2,1-2H3,(H,21,22);/q;+1/p-1. The Morgan fingerprint density at radius 3 is 2.39 bits per heavy atom. The quantitative estimate of drug-likeness (QED) is 0.714. The molecule has 2 aromatic rings. The second-order valence-corrected chi connectivity index (χ2v) is 5.55. The first kappa shape index (κ1) is 19.6. The van der Waals surface area contributed by atoms with Crippen LogP contribution in [0.25, 0.3) is 5.57 Å². The van der Waals surface area contributed by atoms with Crippen molar-refractivity contribution in [2.45, 2.75) is 32.6 Å². The van der Waals surface area contributed by atoms with Crippen LogP contribution < -0.4 is 34.7 Å². The molecule has 0 unspecified atom stereocenters. The van der Waals surface area contributed by atoms with Crippen molar-refractivity contribution in [1.82, 2.24) is 4.98 Å². The smallest absolute Gasteiger partial charge is 0.550 e. The van der Waals surface area contributed by atoms with Crippen LogP contribution in [0.4, 0.5) is 0 Å². The van der Waals surface area contributed by atoms with Gasteiger partial charge in [-0.1, -0.05) is 50.3 Å². The van der Waals surface area contributed by atoms with Crippen LogP contribution in [0.15, 0.2) is 54.9 Å². The summed E-state index contributed by atoms with van der Waals surface area (Å²) >= 11 is 0. The fourth-order valence-electron chi connectivity index (χ4n) is 2.31. The van der Waals surface area contributed by atoms with Gasteiger partial charge in [0.25, 0.3) is 0 Å². The average molecular weight is 317 g/mol. The molecule has 0 saturated heterocycles. The van der Waals surface area contributed by atoms with E-state index >= 15 is 0 Å². The molecule has 3 nitrogen and oxygen atoms in total. The van der Waals surface area contributed by atoms with Gasteiger partial charge in [-0.3, -0.25) is 4.98 Å². The predicted molar refractivity (Wildman–Crippen MR) is 86.1 cm³/mol. The van der Waals surface area contributed by atoms with Gasteiger partial charge >= 0.3 is 29.6 Å². The average Bonchev–Trinajstić information content (AvgIpc) is 2.52. The third-order valence-electron chi connectivity index (χ3n) is 3.56. The predicted octanol–water partition coefficient (Wildman–Crippen LogP) is 0.171. The zero-order valence-corrected chi connectivity index (χ0v) is 16.0. The number of carboxylic acids is 1. The van der Waals surface area contributed by atoms with Gasteiger partial charge in [-0.25, -0.2) is 0 Å². The van der Waals surface area contributed by atoms with Crippen LogP contribution >= 0.6 is 0 Å². The minimum absolute atomic E-state index is 0. The molecule has 1 heterocycles. The molecule has 0 aliphatic carbocycles. The van der Waals surface area contributed by atoms with Gasteiger partial charge in [-0.15, -0.1) is 0 Å². The number of carbonyl (C=O) groups excluding carboxylic acids is 1. The van der Waals surface area contributed by atoms with Gasteiger partial charge in [0.15, 0.2) is 0 Å². The maximum atomic E-state index is 10.6. The molecule has 4 heteroatoms. The van der Waals surface area contributed by atoms with Crippen molar-refractivity contribution in [2.75, 3.05) is 0 Å². The molecule has 0 saturated carbocycles. The Labute approximate surface area is 159 Å². The second kappa shape index (κ2) is 9.66. The van der Waals surface area contributed by atoms with Gasteiger partial charge in [0.05, 0.1) is 0 Å². The Bertz CT molecular complexity index is 649. The Kier molecular flexibility index (Phi) is 8.24. The van der Waals surface area contributed by atoms with Crippen LogP contribution in [0.5, 0.6) is 0 Å². The fraction of sp³-hybridized carbons (Fsp3) is 0.263. The van der Waals surface area contributed by atoms with Gasteiger partial charge in [0.2, 0.25) is 0 Å². The molecule has 1 aromatic heterocycles. The summed E-state index contributed by atoms with van der Waals surface area (Å²) in [4.78, 5) is 14.8. The van der Waals surface area contributed by atoms with E-state index in [9.17, 15) is 9.90 Å². The summed E-state index contributed by atoms with van der Waals surface area (Å²) in [5.74, 6) is -0.546. The number of hydrogen-bond acceptors (Lipinski definition) is 3. The number of carbonyl (C=O) groups is 1. The topological polar surface area (TPSA) is 53.0 Å². The molecular formula is C19H20NNaO2. The molecule has 0 fully saturated rings. The maximum Gasteiger partial charge on any atom is 1.00 e. The number of carboxylic acid groups (broad SMARTS) is 1. The van der Waals surface area contributed by atoms with E-state index in [1.807, 2.05) is 18.2 Å². The molecule has 0 amide bonds. The van der Waals surface area contributed by atoms with Crippen molar-refractivity contribution in [1.29, 1.82) is 0 Å². The van der Waals surface area contributed by atoms with Gasteiger partial charge in [-0.05, 0) is 41.5 Å². The number of rotatable bonds is 6. The number of nitrogens with zero attached hydrogens (tertiary/aromatic N) is 1. The summed E-state index contributed by atoms with van der Waals surface area (Å²) in [6, 6.07) is 12.2. The van der Waals surface area contributed by atoms with Crippen molar-refractivity contribution < 1.29 is 39.5 Å². The molecule has 0 atom stereocenters. The number of aliphatic carboxylic acids is 1. The monoisotopic (exact) mass is 317 g/mol. The van der Waals surface area contributed by atoms with E-state index in [2.05, 4.69) is 43.1 Å². The summed E-state index contributed by atoms with van der Waals surface area (Å²) < 4.78 is 0. The number of aromatic nitrogens is 1. The molecule has 23 heavy (non-hydrogen) atoms. The Balaban J connectivity index is 0.00000264. The first-order chi connectivity index (χ1) is 10.6. The minimum atomic E-state index is -1.03. The molecule has 0 aliphatic heterocycles.